The fourth-order valence-electron chi connectivity index (χ4n) is 9.99. The Morgan fingerprint density at radius 2 is 0.717 bits per heavy atom. The maximum Gasteiger partial charge on any atom is 0.235 e. The van der Waals surface area contributed by atoms with Crippen molar-refractivity contribution in [3.8, 4) is 34.0 Å². The summed E-state index contributed by atoms with van der Waals surface area (Å²) >= 11 is 0. The second-order valence-electron chi connectivity index (χ2n) is 15.7. The van der Waals surface area contributed by atoms with Gasteiger partial charge >= 0.3 is 0 Å². The summed E-state index contributed by atoms with van der Waals surface area (Å²) in [6.45, 7) is 0. The predicted octanol–water partition coefficient (Wildman–Crippen LogP) is 14.6. The van der Waals surface area contributed by atoms with Crippen LogP contribution < -0.4 is 0 Å². The molecule has 10 aromatic carbocycles. The van der Waals surface area contributed by atoms with Gasteiger partial charge in [-0.2, -0.15) is 0 Å². The number of para-hydroxylation sites is 3. The van der Waals surface area contributed by atoms with Crippen molar-refractivity contribution in [1.29, 1.82) is 0 Å². The highest BCUT2D eigenvalue weighted by Gasteiger charge is 2.26. The maximum absolute atomic E-state index is 5.46. The molecule has 0 amide bonds. The highest BCUT2D eigenvalue weighted by atomic mass is 15.2. The lowest BCUT2D eigenvalue weighted by Crippen LogP contribution is -2.04. The van der Waals surface area contributed by atoms with Crippen LogP contribution in [0.3, 0.4) is 0 Å². The largest absolute Gasteiger partial charge is 0.309 e. The molecule has 0 spiro atoms. The summed E-state index contributed by atoms with van der Waals surface area (Å²) in [4.78, 5) is 10.8. The van der Waals surface area contributed by atoms with Gasteiger partial charge in [0.05, 0.1) is 33.3 Å². The van der Waals surface area contributed by atoms with Crippen molar-refractivity contribution in [3.05, 3.63) is 206 Å². The quantitative estimate of drug-likeness (QED) is 0.167. The van der Waals surface area contributed by atoms with Crippen molar-refractivity contribution in [3.63, 3.8) is 0 Å². The van der Waals surface area contributed by atoms with Gasteiger partial charge < -0.3 is 4.57 Å². The Bertz CT molecular complexity index is 3860. The normalized spacial score (nSPS) is 12.0. The molecule has 0 unspecified atom stereocenters. The van der Waals surface area contributed by atoms with Crippen LogP contribution in [0.25, 0.3) is 121 Å². The van der Waals surface area contributed by atoms with Gasteiger partial charge in [-0.05, 0) is 52.2 Å². The number of nitrogens with zero attached hydrogens (tertiary/aromatic N) is 4. The van der Waals surface area contributed by atoms with Crippen molar-refractivity contribution in [1.82, 2.24) is 19.1 Å². The highest BCUT2D eigenvalue weighted by Crippen LogP contribution is 2.50. The Kier molecular flexibility index (Phi) is 6.98. The number of fused-ring (bicyclic) bond motifs is 16. The van der Waals surface area contributed by atoms with Gasteiger partial charge in [-0.3, -0.25) is 4.57 Å². The summed E-state index contributed by atoms with van der Waals surface area (Å²) in [6.07, 6.45) is 0. The minimum atomic E-state index is 0.657. The molecule has 0 atom stereocenters. The zero-order valence-electron chi connectivity index (χ0n) is 32.4. The van der Waals surface area contributed by atoms with Crippen molar-refractivity contribution in [2.75, 3.05) is 0 Å². The second-order valence-corrected chi connectivity index (χ2v) is 15.7. The van der Waals surface area contributed by atoms with Crippen LogP contribution in [0.5, 0.6) is 0 Å². The third kappa shape index (κ3) is 4.61. The van der Waals surface area contributed by atoms with Crippen LogP contribution in [0.1, 0.15) is 0 Å². The van der Waals surface area contributed by atoms with E-state index < -0.39 is 0 Å². The fourth-order valence-corrected chi connectivity index (χ4v) is 9.99. The lowest BCUT2D eigenvalue weighted by atomic mass is 9.89. The van der Waals surface area contributed by atoms with E-state index in [4.69, 9.17) is 9.97 Å². The lowest BCUT2D eigenvalue weighted by molar-refractivity contribution is 1.02. The maximum atomic E-state index is 5.46. The Balaban J connectivity index is 1.22. The average molecular weight is 763 g/mol. The summed E-state index contributed by atoms with van der Waals surface area (Å²) in [6, 6.07) is 74.2. The van der Waals surface area contributed by atoms with E-state index in [0.717, 1.165) is 44.3 Å². The summed E-state index contributed by atoms with van der Waals surface area (Å²) in [5, 5.41) is 13.2. The first-order chi connectivity index (χ1) is 29.8. The molecule has 4 nitrogen and oxygen atoms in total. The van der Waals surface area contributed by atoms with E-state index in [1.54, 1.807) is 0 Å². The van der Waals surface area contributed by atoms with Gasteiger partial charge in [-0.25, -0.2) is 9.97 Å². The number of aromatic nitrogens is 4. The predicted molar refractivity (Wildman–Crippen MR) is 252 cm³/mol. The van der Waals surface area contributed by atoms with Crippen LogP contribution in [0.15, 0.2) is 206 Å². The van der Waals surface area contributed by atoms with Crippen LogP contribution in [-0.4, -0.2) is 19.1 Å². The Morgan fingerprint density at radius 3 is 1.32 bits per heavy atom. The van der Waals surface area contributed by atoms with Crippen molar-refractivity contribution in [2.45, 2.75) is 0 Å². The molecule has 3 aromatic heterocycles. The SMILES string of the molecule is c1ccc(-c2ccc(-n3c4ccccc4c4c5c6ccccc6c6c(c7ccccc7n6-c6nc(-c7ccccc7)c7ccccc7n6)c5c5ccccc5c43)cc2)cc1. The summed E-state index contributed by atoms with van der Waals surface area (Å²) in [7, 11) is 0. The van der Waals surface area contributed by atoms with Gasteiger partial charge in [0.15, 0.2) is 0 Å². The van der Waals surface area contributed by atoms with E-state index in [9.17, 15) is 0 Å². The first-order valence-corrected chi connectivity index (χ1v) is 20.5. The van der Waals surface area contributed by atoms with E-state index in [1.807, 2.05) is 0 Å². The molecule has 0 fully saturated rings. The molecule has 0 bridgehead atoms. The Morgan fingerprint density at radius 1 is 0.283 bits per heavy atom. The summed E-state index contributed by atoms with van der Waals surface area (Å²) < 4.78 is 4.80. The smallest absolute Gasteiger partial charge is 0.235 e. The van der Waals surface area contributed by atoms with Crippen LogP contribution >= 0.6 is 0 Å². The zero-order valence-corrected chi connectivity index (χ0v) is 32.4. The van der Waals surface area contributed by atoms with Gasteiger partial charge in [0, 0.05) is 59.7 Å². The van der Waals surface area contributed by atoms with Gasteiger partial charge in [0.1, 0.15) is 0 Å². The molecule has 0 saturated heterocycles. The van der Waals surface area contributed by atoms with E-state index in [1.165, 1.54) is 70.6 Å². The van der Waals surface area contributed by atoms with Gasteiger partial charge in [0.2, 0.25) is 5.95 Å². The first kappa shape index (κ1) is 32.9. The van der Waals surface area contributed by atoms with Crippen molar-refractivity contribution in [2.24, 2.45) is 0 Å². The molecule has 0 aliphatic heterocycles. The highest BCUT2D eigenvalue weighted by molar-refractivity contribution is 6.45. The molecule has 60 heavy (non-hydrogen) atoms. The molecule has 0 radical (unpaired) electrons. The summed E-state index contributed by atoms with van der Waals surface area (Å²) in [5.74, 6) is 0.657. The van der Waals surface area contributed by atoms with Gasteiger partial charge in [-0.1, -0.05) is 176 Å². The third-order valence-electron chi connectivity index (χ3n) is 12.5. The average Bonchev–Trinajstić information content (AvgIpc) is 3.86. The standard InChI is InChI=1S/C56H34N4/c1-3-17-35(18-4-1)36-31-33-38(34-32-36)59-47-29-15-12-26-44(47)51-49-40-22-8-10-24-42(40)55-52(50(49)39-21-7-9-23-41(39)54(51)59)45-27-13-16-30-48(45)60(55)56-57-46-28-14-11-25-43(46)53(58-56)37-19-5-2-6-20-37/h1-34H. The van der Waals surface area contributed by atoms with Gasteiger partial charge in [-0.15, -0.1) is 0 Å². The van der Waals surface area contributed by atoms with E-state index in [2.05, 4.69) is 215 Å². The van der Waals surface area contributed by atoms with E-state index in [-0.39, 0.29) is 0 Å². The summed E-state index contributed by atoms with van der Waals surface area (Å²) in [5.41, 5.74) is 11.0. The number of hydrogen-bond donors (Lipinski definition) is 0. The Hall–Kier alpha value is -8.08. The van der Waals surface area contributed by atoms with E-state index in [0.29, 0.717) is 5.95 Å². The number of rotatable bonds is 4. The molecule has 0 aliphatic rings. The molecule has 0 saturated carbocycles. The monoisotopic (exact) mass is 762 g/mol. The molecular formula is C56H34N4. The zero-order chi connectivity index (χ0) is 39.3. The van der Waals surface area contributed by atoms with Crippen molar-refractivity contribution < 1.29 is 0 Å². The third-order valence-corrected chi connectivity index (χ3v) is 12.5. The van der Waals surface area contributed by atoms with Crippen molar-refractivity contribution >= 4 is 86.8 Å². The molecule has 13 rings (SSSR count). The fraction of sp³-hybridized carbons (Fsp3) is 0. The number of hydrogen-bond acceptors (Lipinski definition) is 2. The first-order valence-electron chi connectivity index (χ1n) is 20.5. The molecular weight excluding hydrogens is 729 g/mol. The second kappa shape index (κ2) is 12.7. The van der Waals surface area contributed by atoms with Crippen LogP contribution in [0.2, 0.25) is 0 Å². The van der Waals surface area contributed by atoms with Gasteiger partial charge in [0.25, 0.3) is 0 Å². The Labute approximate surface area is 344 Å². The minimum Gasteiger partial charge on any atom is -0.309 e. The molecule has 278 valence electrons. The number of benzene rings is 10. The van der Waals surface area contributed by atoms with Crippen LogP contribution in [0.4, 0.5) is 0 Å². The minimum absolute atomic E-state index is 0.657. The van der Waals surface area contributed by atoms with E-state index >= 15 is 0 Å². The molecule has 3 heterocycles. The molecule has 0 N–H and O–H groups in total. The van der Waals surface area contributed by atoms with Crippen LogP contribution in [-0.2, 0) is 0 Å². The molecule has 0 aliphatic carbocycles. The van der Waals surface area contributed by atoms with Crippen LogP contribution in [0, 0.1) is 0 Å². The lowest BCUT2D eigenvalue weighted by Gasteiger charge is -2.16. The molecule has 4 heteroatoms. The topological polar surface area (TPSA) is 35.6 Å². The molecule has 13 aromatic rings.